The van der Waals surface area contributed by atoms with Crippen molar-refractivity contribution < 1.29 is 62.8 Å². The summed E-state index contributed by atoms with van der Waals surface area (Å²) in [6.07, 6.45) is -9.79. The molecule has 4 rings (SSSR count). The first-order valence-corrected chi connectivity index (χ1v) is 15.8. The van der Waals surface area contributed by atoms with Gasteiger partial charge in [-0.25, -0.2) is 35.4 Å². The lowest BCUT2D eigenvalue weighted by atomic mass is 9.88. The van der Waals surface area contributed by atoms with Gasteiger partial charge in [0.15, 0.2) is 5.82 Å². The van der Waals surface area contributed by atoms with Crippen molar-refractivity contribution in [2.45, 2.75) is 76.0 Å². The Labute approximate surface area is 265 Å². The molecule has 1 aromatic carbocycles. The molecule has 3 aromatic rings. The van der Waals surface area contributed by atoms with E-state index in [-0.39, 0.29) is 22.9 Å². The summed E-state index contributed by atoms with van der Waals surface area (Å²) in [6.45, 7) is 3.45. The number of likely N-dealkylation sites (tertiary alicyclic amines) is 1. The number of hydrogen-bond donors (Lipinski definition) is 2. The van der Waals surface area contributed by atoms with Gasteiger partial charge in [0, 0.05) is 30.5 Å². The zero-order valence-corrected chi connectivity index (χ0v) is 26.4. The number of hydrogen-bond acceptors (Lipinski definition) is 8. The van der Waals surface area contributed by atoms with Crippen molar-refractivity contribution in [3.05, 3.63) is 41.0 Å². The number of benzene rings is 1. The lowest BCUT2D eigenvalue weighted by molar-refractivity contribution is -0.147. The molecule has 20 heteroatoms. The number of aliphatic carboxylic acids is 1. The van der Waals surface area contributed by atoms with Crippen LogP contribution in [0.3, 0.4) is 0 Å². The van der Waals surface area contributed by atoms with Crippen LogP contribution in [0.15, 0.2) is 27.6 Å². The molecule has 1 amide bonds. The van der Waals surface area contributed by atoms with Crippen molar-refractivity contribution in [3.8, 4) is 21.1 Å². The molecule has 2 atom stereocenters. The Bertz CT molecular complexity index is 1810. The third-order valence-electron chi connectivity index (χ3n) is 7.31. The summed E-state index contributed by atoms with van der Waals surface area (Å²) in [4.78, 5) is 27.9. The number of carboxylic acid groups (broad SMARTS) is 1. The Morgan fingerprint density at radius 3 is 2.40 bits per heavy atom. The smallest absolute Gasteiger partial charge is 0.404 e. The Kier molecular flexibility index (Phi) is 9.56. The lowest BCUT2D eigenvalue weighted by Gasteiger charge is -2.21. The Balaban J connectivity index is 1.88. The number of carboxylic acids is 1. The number of halogens is 8. The van der Waals surface area contributed by atoms with E-state index in [9.17, 15) is 53.8 Å². The van der Waals surface area contributed by atoms with Crippen molar-refractivity contribution in [1.82, 2.24) is 19.8 Å². The maximum atomic E-state index is 15.6. The van der Waals surface area contributed by atoms with Crippen LogP contribution in [0.5, 0.6) is 0 Å². The van der Waals surface area contributed by atoms with Gasteiger partial charge in [-0.2, -0.15) is 17.9 Å². The number of carbonyl (C=O) groups is 2. The van der Waals surface area contributed by atoms with Crippen LogP contribution in [0.4, 0.5) is 35.1 Å². The van der Waals surface area contributed by atoms with Crippen LogP contribution in [0.2, 0.25) is 0 Å². The van der Waals surface area contributed by atoms with Crippen molar-refractivity contribution in [3.63, 3.8) is 0 Å². The van der Waals surface area contributed by atoms with E-state index in [4.69, 9.17) is 4.52 Å². The Morgan fingerprint density at radius 1 is 1.23 bits per heavy atom. The second-order valence-electron chi connectivity index (χ2n) is 11.6. The standard InChI is InChI=1S/C27H26F8N4O6S2/c1-11-8-26(31,32)10-39(11)23(40)19-20(46-22(36-19)15-7-13(45-37-15)9-25(3,4)24(41)42)14-5-6-16(18(28)17(14)21(29)30)47(43,44)38-12(2)27(33,34)35/h5-7,11-12,21,38H,8-10H2,1-4H3,(H,41,42). The summed E-state index contributed by atoms with van der Waals surface area (Å²) in [6, 6.07) is -1.47. The van der Waals surface area contributed by atoms with Crippen LogP contribution < -0.4 is 4.72 Å². The van der Waals surface area contributed by atoms with Gasteiger partial charge in [0.1, 0.15) is 33.1 Å². The van der Waals surface area contributed by atoms with Crippen molar-refractivity contribution in [2.75, 3.05) is 6.54 Å². The minimum Gasteiger partial charge on any atom is -0.481 e. The quantitative estimate of drug-likeness (QED) is 0.233. The fraction of sp³-hybridized carbons (Fsp3) is 0.481. The summed E-state index contributed by atoms with van der Waals surface area (Å²) in [5.74, 6) is -7.72. The van der Waals surface area contributed by atoms with Gasteiger partial charge >= 0.3 is 12.1 Å². The van der Waals surface area contributed by atoms with Crippen LogP contribution >= 0.6 is 11.3 Å². The SMILES string of the molecule is CC1CC(F)(F)CN1C(=O)c1nc(-c2cc(CC(C)(C)C(=O)O)on2)sc1-c1ccc(S(=O)(=O)NC(C)C(F)(F)F)c(F)c1C(F)F. The fourth-order valence-electron chi connectivity index (χ4n) is 4.74. The predicted octanol–water partition coefficient (Wildman–Crippen LogP) is 6.29. The molecule has 0 bridgehead atoms. The summed E-state index contributed by atoms with van der Waals surface area (Å²) < 4.78 is 143. The molecule has 1 saturated heterocycles. The average Bonchev–Trinajstić information content (AvgIpc) is 3.63. The molecule has 0 saturated carbocycles. The molecule has 2 aromatic heterocycles. The highest BCUT2D eigenvalue weighted by atomic mass is 32.2. The minimum absolute atomic E-state index is 0.0410. The summed E-state index contributed by atoms with van der Waals surface area (Å²) in [7, 11) is -5.36. The van der Waals surface area contributed by atoms with Gasteiger partial charge in [-0.3, -0.25) is 9.59 Å². The molecule has 0 radical (unpaired) electrons. The van der Waals surface area contributed by atoms with E-state index in [0.717, 1.165) is 4.90 Å². The fourth-order valence-corrected chi connectivity index (χ4v) is 7.11. The molecule has 2 N–H and O–H groups in total. The molecule has 1 aliphatic heterocycles. The van der Waals surface area contributed by atoms with Gasteiger partial charge in [-0.1, -0.05) is 11.2 Å². The molecular weight excluding hydrogens is 692 g/mol. The first-order valence-electron chi connectivity index (χ1n) is 13.5. The zero-order chi connectivity index (χ0) is 35.4. The Morgan fingerprint density at radius 2 is 1.87 bits per heavy atom. The van der Waals surface area contributed by atoms with E-state index in [1.807, 2.05) is 0 Å². The number of nitrogens with one attached hydrogen (secondary N) is 1. The number of amides is 1. The van der Waals surface area contributed by atoms with Gasteiger partial charge in [-0.15, -0.1) is 11.3 Å². The van der Waals surface area contributed by atoms with Crippen LogP contribution in [-0.4, -0.2) is 71.2 Å². The highest BCUT2D eigenvalue weighted by molar-refractivity contribution is 7.89. The molecule has 0 aliphatic carbocycles. The number of aromatic nitrogens is 2. The molecule has 10 nitrogen and oxygen atoms in total. The van der Waals surface area contributed by atoms with Gasteiger partial charge in [-0.05, 0) is 33.8 Å². The number of nitrogens with zero attached hydrogens (tertiary/aromatic N) is 3. The molecule has 2 unspecified atom stereocenters. The van der Waals surface area contributed by atoms with E-state index in [1.54, 1.807) is 0 Å². The van der Waals surface area contributed by atoms with E-state index in [1.165, 1.54) is 31.6 Å². The molecular formula is C27H26F8N4O6S2. The van der Waals surface area contributed by atoms with E-state index >= 15 is 4.39 Å². The predicted molar refractivity (Wildman–Crippen MR) is 149 cm³/mol. The van der Waals surface area contributed by atoms with Gasteiger partial charge in [0.05, 0.1) is 22.4 Å². The van der Waals surface area contributed by atoms with E-state index in [2.05, 4.69) is 10.1 Å². The van der Waals surface area contributed by atoms with Crippen LogP contribution in [-0.2, 0) is 21.2 Å². The molecule has 0 spiro atoms. The highest BCUT2D eigenvalue weighted by Crippen LogP contribution is 2.44. The first-order chi connectivity index (χ1) is 21.4. The second-order valence-corrected chi connectivity index (χ2v) is 14.3. The van der Waals surface area contributed by atoms with Crippen molar-refractivity contribution >= 4 is 33.2 Å². The first kappa shape index (κ1) is 36.2. The van der Waals surface area contributed by atoms with E-state index < -0.39 is 103 Å². The Hall–Kier alpha value is -3.65. The van der Waals surface area contributed by atoms with Crippen LogP contribution in [0.25, 0.3) is 21.1 Å². The molecule has 3 heterocycles. The molecule has 1 aliphatic rings. The normalized spacial score (nSPS) is 17.8. The molecule has 258 valence electrons. The lowest BCUT2D eigenvalue weighted by Crippen LogP contribution is -2.43. The van der Waals surface area contributed by atoms with Crippen LogP contribution in [0, 0.1) is 11.2 Å². The maximum Gasteiger partial charge on any atom is 0.404 e. The van der Waals surface area contributed by atoms with Gasteiger partial charge < -0.3 is 14.5 Å². The van der Waals surface area contributed by atoms with Crippen molar-refractivity contribution in [2.24, 2.45) is 5.41 Å². The summed E-state index contributed by atoms with van der Waals surface area (Å²) >= 11 is 0.460. The molecule has 1 fully saturated rings. The molecule has 47 heavy (non-hydrogen) atoms. The largest absolute Gasteiger partial charge is 0.481 e. The average molecular weight is 719 g/mol. The third-order valence-corrected chi connectivity index (χ3v) is 9.98. The van der Waals surface area contributed by atoms with Gasteiger partial charge in [0.2, 0.25) is 10.0 Å². The van der Waals surface area contributed by atoms with E-state index in [0.29, 0.717) is 30.4 Å². The third kappa shape index (κ3) is 7.43. The maximum absolute atomic E-state index is 15.6. The summed E-state index contributed by atoms with van der Waals surface area (Å²) in [5, 5.41) is 13.0. The minimum atomic E-state index is -5.36. The van der Waals surface area contributed by atoms with Crippen molar-refractivity contribution in [1.29, 1.82) is 0 Å². The number of rotatable bonds is 10. The second kappa shape index (κ2) is 12.4. The zero-order valence-electron chi connectivity index (χ0n) is 24.8. The monoisotopic (exact) mass is 718 g/mol. The topological polar surface area (TPSA) is 143 Å². The highest BCUT2D eigenvalue weighted by Gasteiger charge is 2.46. The number of thiazole rings is 1. The number of carbonyl (C=O) groups excluding carboxylic acids is 1. The number of alkyl halides is 7. The van der Waals surface area contributed by atoms with Crippen LogP contribution in [0.1, 0.15) is 62.4 Å². The number of sulfonamides is 1. The summed E-state index contributed by atoms with van der Waals surface area (Å²) in [5.41, 5.74) is -4.55. The van der Waals surface area contributed by atoms with Gasteiger partial charge in [0.25, 0.3) is 18.3 Å².